The van der Waals surface area contributed by atoms with Gasteiger partial charge in [0.25, 0.3) is 0 Å². The van der Waals surface area contributed by atoms with Crippen molar-refractivity contribution in [3.8, 4) is 0 Å². The van der Waals surface area contributed by atoms with E-state index in [1.54, 1.807) is 25.6 Å². The van der Waals surface area contributed by atoms with Gasteiger partial charge < -0.3 is 4.57 Å². The van der Waals surface area contributed by atoms with Crippen molar-refractivity contribution in [2.24, 2.45) is 0 Å². The number of hydrogen-bond acceptors (Lipinski definition) is 4. The summed E-state index contributed by atoms with van der Waals surface area (Å²) in [7, 11) is -3.56. The average Bonchev–Trinajstić information content (AvgIpc) is 2.81. The molecule has 6 nitrogen and oxygen atoms in total. The third-order valence-corrected chi connectivity index (χ3v) is 4.38. The molecule has 1 unspecified atom stereocenters. The van der Waals surface area contributed by atoms with Crippen LogP contribution in [0.2, 0.25) is 0 Å². The van der Waals surface area contributed by atoms with Gasteiger partial charge in [-0.05, 0) is 28.9 Å². The van der Waals surface area contributed by atoms with E-state index in [1.165, 1.54) is 18.5 Å². The van der Waals surface area contributed by atoms with Crippen LogP contribution in [-0.4, -0.2) is 29.0 Å². The smallest absolute Gasteiger partial charge is 0.242 e. The maximum absolute atomic E-state index is 12.1. The van der Waals surface area contributed by atoms with Crippen LogP contribution in [0.1, 0.15) is 6.92 Å². The first kappa shape index (κ1) is 14.2. The molecule has 0 amide bonds. The van der Waals surface area contributed by atoms with Crippen molar-refractivity contribution in [1.29, 1.82) is 0 Å². The standard InChI is InChI=1S/C11H13BrN4O2S/c1-9(7-16-3-2-13-8-16)15-19(17,18)11-4-10(12)5-14-6-11/h2-6,8-9,15H,7H2,1H3. The van der Waals surface area contributed by atoms with Gasteiger partial charge in [0, 0.05) is 41.8 Å². The SMILES string of the molecule is CC(Cn1ccnc1)NS(=O)(=O)c1cncc(Br)c1. The topological polar surface area (TPSA) is 76.9 Å². The average molecular weight is 345 g/mol. The second-order valence-corrected chi connectivity index (χ2v) is 6.75. The van der Waals surface area contributed by atoms with Gasteiger partial charge in [0.15, 0.2) is 0 Å². The highest BCUT2D eigenvalue weighted by atomic mass is 79.9. The van der Waals surface area contributed by atoms with Gasteiger partial charge in [-0.1, -0.05) is 0 Å². The first-order valence-electron chi connectivity index (χ1n) is 5.56. The molecule has 2 rings (SSSR count). The molecule has 0 bridgehead atoms. The summed E-state index contributed by atoms with van der Waals surface area (Å²) in [5.41, 5.74) is 0. The van der Waals surface area contributed by atoms with E-state index in [-0.39, 0.29) is 10.9 Å². The Balaban J connectivity index is 2.09. The zero-order valence-corrected chi connectivity index (χ0v) is 12.6. The van der Waals surface area contributed by atoms with Crippen molar-refractivity contribution < 1.29 is 8.42 Å². The molecule has 0 aliphatic carbocycles. The lowest BCUT2D eigenvalue weighted by Gasteiger charge is -2.14. The molecule has 0 radical (unpaired) electrons. The maximum Gasteiger partial charge on any atom is 0.242 e. The van der Waals surface area contributed by atoms with E-state index >= 15 is 0 Å². The normalized spacial score (nSPS) is 13.4. The molecule has 0 saturated carbocycles. The fourth-order valence-corrected chi connectivity index (χ4v) is 3.36. The van der Waals surface area contributed by atoms with Crippen LogP contribution >= 0.6 is 15.9 Å². The third-order valence-electron chi connectivity index (χ3n) is 2.39. The molecule has 2 heterocycles. The monoisotopic (exact) mass is 344 g/mol. The number of hydrogen-bond donors (Lipinski definition) is 1. The van der Waals surface area contributed by atoms with Crippen LogP contribution < -0.4 is 4.72 Å². The second-order valence-electron chi connectivity index (χ2n) is 4.12. The summed E-state index contributed by atoms with van der Waals surface area (Å²) in [5.74, 6) is 0. The predicted molar refractivity (Wildman–Crippen MR) is 73.9 cm³/mol. The number of rotatable bonds is 5. The first-order valence-corrected chi connectivity index (χ1v) is 7.83. The Hall–Kier alpha value is -1.25. The lowest BCUT2D eigenvalue weighted by atomic mass is 10.4. The van der Waals surface area contributed by atoms with Crippen molar-refractivity contribution in [3.05, 3.63) is 41.7 Å². The van der Waals surface area contributed by atoms with Crippen molar-refractivity contribution >= 4 is 26.0 Å². The van der Waals surface area contributed by atoms with Crippen LogP contribution in [0.3, 0.4) is 0 Å². The van der Waals surface area contributed by atoms with Gasteiger partial charge >= 0.3 is 0 Å². The van der Waals surface area contributed by atoms with Crippen LogP contribution in [0, 0.1) is 0 Å². The Morgan fingerprint density at radius 3 is 2.84 bits per heavy atom. The Labute approximate surface area is 120 Å². The molecule has 0 saturated heterocycles. The highest BCUT2D eigenvalue weighted by molar-refractivity contribution is 9.10. The third kappa shape index (κ3) is 3.85. The number of sulfonamides is 1. The minimum absolute atomic E-state index is 0.138. The number of nitrogens with one attached hydrogen (secondary N) is 1. The summed E-state index contributed by atoms with van der Waals surface area (Å²) in [6.45, 7) is 2.31. The summed E-state index contributed by atoms with van der Waals surface area (Å²) in [6, 6.07) is 1.26. The molecule has 102 valence electrons. The summed E-state index contributed by atoms with van der Waals surface area (Å²) in [6.07, 6.45) is 7.93. The van der Waals surface area contributed by atoms with E-state index in [4.69, 9.17) is 0 Å². The van der Waals surface area contributed by atoms with Gasteiger partial charge in [-0.3, -0.25) is 4.98 Å². The number of aromatic nitrogens is 3. The summed E-state index contributed by atoms with van der Waals surface area (Å²) >= 11 is 3.20. The summed E-state index contributed by atoms with van der Waals surface area (Å²) in [5, 5.41) is 0. The van der Waals surface area contributed by atoms with Gasteiger partial charge in [0.2, 0.25) is 10.0 Å². The van der Waals surface area contributed by atoms with Crippen LogP contribution in [0.15, 0.2) is 46.5 Å². The Kier molecular flexibility index (Phi) is 4.33. The molecule has 2 aromatic rings. The lowest BCUT2D eigenvalue weighted by Crippen LogP contribution is -2.35. The van der Waals surface area contributed by atoms with Gasteiger partial charge in [-0.2, -0.15) is 0 Å². The van der Waals surface area contributed by atoms with E-state index in [2.05, 4.69) is 30.6 Å². The predicted octanol–water partition coefficient (Wildman–Crippen LogP) is 1.41. The highest BCUT2D eigenvalue weighted by Crippen LogP contribution is 2.14. The second kappa shape index (κ2) is 5.81. The fourth-order valence-electron chi connectivity index (χ4n) is 1.62. The van der Waals surface area contributed by atoms with Gasteiger partial charge in [0.05, 0.1) is 6.33 Å². The highest BCUT2D eigenvalue weighted by Gasteiger charge is 2.18. The molecule has 0 spiro atoms. The number of imidazole rings is 1. The van der Waals surface area contributed by atoms with Gasteiger partial charge in [-0.15, -0.1) is 0 Å². The zero-order chi connectivity index (χ0) is 13.9. The van der Waals surface area contributed by atoms with Crippen LogP contribution in [0.5, 0.6) is 0 Å². The quantitative estimate of drug-likeness (QED) is 0.889. The minimum atomic E-state index is -3.56. The van der Waals surface area contributed by atoms with Crippen LogP contribution in [0.4, 0.5) is 0 Å². The largest absolute Gasteiger partial charge is 0.336 e. The van der Waals surface area contributed by atoms with E-state index in [0.717, 1.165) is 0 Å². The number of nitrogens with zero attached hydrogens (tertiary/aromatic N) is 3. The van der Waals surface area contributed by atoms with Crippen LogP contribution in [-0.2, 0) is 16.6 Å². The van der Waals surface area contributed by atoms with E-state index < -0.39 is 10.0 Å². The Morgan fingerprint density at radius 2 is 2.21 bits per heavy atom. The molecule has 8 heteroatoms. The van der Waals surface area contributed by atoms with Crippen molar-refractivity contribution in [2.45, 2.75) is 24.4 Å². The van der Waals surface area contributed by atoms with E-state index in [1.807, 2.05) is 4.57 Å². The van der Waals surface area contributed by atoms with Crippen LogP contribution in [0.25, 0.3) is 0 Å². The molecule has 19 heavy (non-hydrogen) atoms. The zero-order valence-electron chi connectivity index (χ0n) is 10.2. The minimum Gasteiger partial charge on any atom is -0.336 e. The van der Waals surface area contributed by atoms with Crippen molar-refractivity contribution in [1.82, 2.24) is 19.3 Å². The molecule has 0 fully saturated rings. The fraction of sp³-hybridized carbons (Fsp3) is 0.273. The summed E-state index contributed by atoms with van der Waals surface area (Å²) in [4.78, 5) is 7.90. The van der Waals surface area contributed by atoms with E-state index in [9.17, 15) is 8.42 Å². The summed E-state index contributed by atoms with van der Waals surface area (Å²) < 4.78 is 29.3. The molecule has 1 N–H and O–H groups in total. The van der Waals surface area contributed by atoms with Crippen molar-refractivity contribution in [3.63, 3.8) is 0 Å². The first-order chi connectivity index (χ1) is 8.97. The van der Waals surface area contributed by atoms with Gasteiger partial charge in [-0.25, -0.2) is 18.1 Å². The Morgan fingerprint density at radius 1 is 1.42 bits per heavy atom. The number of pyridine rings is 1. The van der Waals surface area contributed by atoms with Gasteiger partial charge in [0.1, 0.15) is 4.90 Å². The Bertz CT molecular complexity index is 642. The number of halogens is 1. The maximum atomic E-state index is 12.1. The molecule has 0 aliphatic rings. The molecule has 0 aliphatic heterocycles. The molecular weight excluding hydrogens is 332 g/mol. The molecule has 1 atom stereocenters. The van der Waals surface area contributed by atoms with Crippen molar-refractivity contribution in [2.75, 3.05) is 0 Å². The molecular formula is C11H13BrN4O2S. The molecule has 0 aromatic carbocycles. The van der Waals surface area contributed by atoms with E-state index in [0.29, 0.717) is 11.0 Å². The lowest BCUT2D eigenvalue weighted by molar-refractivity contribution is 0.520. The molecule has 2 aromatic heterocycles.